The minimum Gasteiger partial charge on any atom is -0.289 e. The topological polar surface area (TPSA) is 17.1 Å². The van der Waals surface area contributed by atoms with Gasteiger partial charge in [0.05, 0.1) is 0 Å². The summed E-state index contributed by atoms with van der Waals surface area (Å²) in [5, 5.41) is 2.09. The Balaban J connectivity index is 2.14. The first-order valence-electron chi connectivity index (χ1n) is 6.04. The minimum absolute atomic E-state index is 0.0595. The van der Waals surface area contributed by atoms with Crippen LogP contribution >= 0.6 is 15.9 Å². The predicted molar refractivity (Wildman–Crippen MR) is 81.5 cm³/mol. The van der Waals surface area contributed by atoms with Crippen LogP contribution in [-0.2, 0) is 0 Å². The summed E-state index contributed by atoms with van der Waals surface area (Å²) >= 11 is 3.38. The fourth-order valence-corrected chi connectivity index (χ4v) is 2.44. The van der Waals surface area contributed by atoms with E-state index in [1.807, 2.05) is 66.7 Å². The van der Waals surface area contributed by atoms with Gasteiger partial charge in [-0.1, -0.05) is 58.4 Å². The Morgan fingerprint density at radius 2 is 1.47 bits per heavy atom. The molecule has 3 aromatic carbocycles. The van der Waals surface area contributed by atoms with Crippen LogP contribution in [0, 0.1) is 0 Å². The highest BCUT2D eigenvalue weighted by Gasteiger charge is 2.11. The Labute approximate surface area is 120 Å². The highest BCUT2D eigenvalue weighted by Crippen LogP contribution is 2.22. The van der Waals surface area contributed by atoms with E-state index in [1.54, 1.807) is 0 Å². The number of benzene rings is 3. The van der Waals surface area contributed by atoms with E-state index in [2.05, 4.69) is 15.9 Å². The molecule has 19 heavy (non-hydrogen) atoms. The third-order valence-corrected chi connectivity index (χ3v) is 3.67. The van der Waals surface area contributed by atoms with E-state index < -0.39 is 0 Å². The summed E-state index contributed by atoms with van der Waals surface area (Å²) in [6.45, 7) is 0. The number of fused-ring (bicyclic) bond motifs is 1. The lowest BCUT2D eigenvalue weighted by Gasteiger charge is -2.06. The van der Waals surface area contributed by atoms with E-state index in [1.165, 1.54) is 0 Å². The molecular formula is C17H11BrO. The van der Waals surface area contributed by atoms with E-state index in [9.17, 15) is 4.79 Å². The van der Waals surface area contributed by atoms with Gasteiger partial charge in [-0.05, 0) is 35.0 Å². The zero-order valence-corrected chi connectivity index (χ0v) is 11.7. The zero-order valence-electron chi connectivity index (χ0n) is 10.1. The molecule has 0 unspecified atom stereocenters. The molecule has 0 aromatic heterocycles. The largest absolute Gasteiger partial charge is 0.289 e. The molecule has 0 atom stereocenters. The van der Waals surface area contributed by atoms with Gasteiger partial charge in [0.25, 0.3) is 0 Å². The van der Waals surface area contributed by atoms with Crippen molar-refractivity contribution in [2.24, 2.45) is 0 Å². The third kappa shape index (κ3) is 2.32. The van der Waals surface area contributed by atoms with Crippen LogP contribution in [0.5, 0.6) is 0 Å². The molecule has 0 aliphatic heterocycles. The number of carbonyl (C=O) groups excluding carboxylic acids is 1. The number of halogens is 1. The quantitative estimate of drug-likeness (QED) is 0.619. The molecule has 2 heteroatoms. The van der Waals surface area contributed by atoms with Gasteiger partial charge in [0.1, 0.15) is 0 Å². The molecule has 0 aliphatic carbocycles. The first kappa shape index (κ1) is 12.1. The number of carbonyl (C=O) groups is 1. The first-order valence-corrected chi connectivity index (χ1v) is 6.83. The number of hydrogen-bond donors (Lipinski definition) is 0. The molecule has 3 aromatic rings. The Kier molecular flexibility index (Phi) is 3.18. The van der Waals surface area contributed by atoms with Gasteiger partial charge < -0.3 is 0 Å². The van der Waals surface area contributed by atoms with Gasteiger partial charge in [0.15, 0.2) is 5.78 Å². The van der Waals surface area contributed by atoms with Gasteiger partial charge in [-0.15, -0.1) is 0 Å². The maximum Gasteiger partial charge on any atom is 0.193 e. The summed E-state index contributed by atoms with van der Waals surface area (Å²) in [6.07, 6.45) is 0. The molecule has 92 valence electrons. The summed E-state index contributed by atoms with van der Waals surface area (Å²) in [6, 6.07) is 21.2. The molecule has 0 saturated heterocycles. The molecule has 0 saturated carbocycles. The minimum atomic E-state index is 0.0595. The molecule has 0 radical (unpaired) electrons. The van der Waals surface area contributed by atoms with Crippen molar-refractivity contribution in [2.75, 3.05) is 0 Å². The average molecular weight is 311 g/mol. The molecular weight excluding hydrogens is 300 g/mol. The summed E-state index contributed by atoms with van der Waals surface area (Å²) < 4.78 is 0.974. The summed E-state index contributed by atoms with van der Waals surface area (Å²) in [7, 11) is 0. The normalized spacial score (nSPS) is 10.6. The number of hydrogen-bond acceptors (Lipinski definition) is 1. The lowest BCUT2D eigenvalue weighted by molar-refractivity contribution is 0.104. The van der Waals surface area contributed by atoms with Crippen molar-refractivity contribution in [3.8, 4) is 0 Å². The van der Waals surface area contributed by atoms with Gasteiger partial charge in [0.2, 0.25) is 0 Å². The third-order valence-electron chi connectivity index (χ3n) is 3.14. The molecule has 0 spiro atoms. The standard InChI is InChI=1S/C17H11BrO/c18-14-10-8-13(9-11-14)17(19)16-7-3-5-12-4-1-2-6-15(12)16/h1-11H. The zero-order chi connectivity index (χ0) is 13.2. The van der Waals surface area contributed by atoms with E-state index in [4.69, 9.17) is 0 Å². The van der Waals surface area contributed by atoms with Crippen LogP contribution in [0.25, 0.3) is 10.8 Å². The van der Waals surface area contributed by atoms with Crippen molar-refractivity contribution in [1.29, 1.82) is 0 Å². The monoisotopic (exact) mass is 310 g/mol. The van der Waals surface area contributed by atoms with Crippen molar-refractivity contribution >= 4 is 32.5 Å². The van der Waals surface area contributed by atoms with Crippen molar-refractivity contribution in [3.05, 3.63) is 82.3 Å². The van der Waals surface area contributed by atoms with Crippen LogP contribution in [0.2, 0.25) is 0 Å². The van der Waals surface area contributed by atoms with Gasteiger partial charge in [-0.3, -0.25) is 4.79 Å². The SMILES string of the molecule is O=C(c1ccc(Br)cc1)c1cccc2ccccc12. The van der Waals surface area contributed by atoms with E-state index in [-0.39, 0.29) is 5.78 Å². The maximum atomic E-state index is 12.6. The summed E-state index contributed by atoms with van der Waals surface area (Å²) in [5.41, 5.74) is 1.46. The van der Waals surface area contributed by atoms with Gasteiger partial charge in [-0.25, -0.2) is 0 Å². The fraction of sp³-hybridized carbons (Fsp3) is 0. The molecule has 0 aliphatic rings. The van der Waals surface area contributed by atoms with Crippen LogP contribution in [0.15, 0.2) is 71.2 Å². The van der Waals surface area contributed by atoms with Gasteiger partial charge in [0, 0.05) is 15.6 Å². The Morgan fingerprint density at radius 3 is 2.26 bits per heavy atom. The lowest BCUT2D eigenvalue weighted by atomic mass is 9.97. The second-order valence-electron chi connectivity index (χ2n) is 4.36. The van der Waals surface area contributed by atoms with Crippen molar-refractivity contribution in [2.45, 2.75) is 0 Å². The average Bonchev–Trinajstić information content (AvgIpc) is 2.47. The smallest absolute Gasteiger partial charge is 0.193 e. The lowest BCUT2D eigenvalue weighted by Crippen LogP contribution is -2.01. The molecule has 0 amide bonds. The van der Waals surface area contributed by atoms with Crippen LogP contribution in [0.1, 0.15) is 15.9 Å². The maximum absolute atomic E-state index is 12.6. The molecule has 0 bridgehead atoms. The predicted octanol–water partition coefficient (Wildman–Crippen LogP) is 4.83. The van der Waals surface area contributed by atoms with Crippen molar-refractivity contribution in [1.82, 2.24) is 0 Å². The Morgan fingerprint density at radius 1 is 0.789 bits per heavy atom. The summed E-state index contributed by atoms with van der Waals surface area (Å²) in [5.74, 6) is 0.0595. The first-order chi connectivity index (χ1) is 9.25. The van der Waals surface area contributed by atoms with E-state index >= 15 is 0 Å². The second kappa shape index (κ2) is 4.98. The highest BCUT2D eigenvalue weighted by molar-refractivity contribution is 9.10. The van der Waals surface area contributed by atoms with Crippen molar-refractivity contribution < 1.29 is 4.79 Å². The Bertz CT molecular complexity index is 739. The van der Waals surface area contributed by atoms with Crippen LogP contribution in [0.4, 0.5) is 0 Å². The molecule has 0 fully saturated rings. The van der Waals surface area contributed by atoms with E-state index in [0.29, 0.717) is 5.56 Å². The molecule has 0 N–H and O–H groups in total. The molecule has 3 rings (SSSR count). The number of rotatable bonds is 2. The fourth-order valence-electron chi connectivity index (χ4n) is 2.18. The second-order valence-corrected chi connectivity index (χ2v) is 5.28. The number of ketones is 1. The van der Waals surface area contributed by atoms with Gasteiger partial charge >= 0.3 is 0 Å². The van der Waals surface area contributed by atoms with E-state index in [0.717, 1.165) is 20.8 Å². The highest BCUT2D eigenvalue weighted by atomic mass is 79.9. The van der Waals surface area contributed by atoms with Crippen LogP contribution in [0.3, 0.4) is 0 Å². The van der Waals surface area contributed by atoms with Crippen LogP contribution in [-0.4, -0.2) is 5.78 Å². The summed E-state index contributed by atoms with van der Waals surface area (Å²) in [4.78, 5) is 12.6. The molecule has 1 nitrogen and oxygen atoms in total. The van der Waals surface area contributed by atoms with Gasteiger partial charge in [-0.2, -0.15) is 0 Å². The van der Waals surface area contributed by atoms with Crippen molar-refractivity contribution in [3.63, 3.8) is 0 Å². The Hall–Kier alpha value is -1.93. The van der Waals surface area contributed by atoms with Crippen LogP contribution < -0.4 is 0 Å². The molecule has 0 heterocycles.